The van der Waals surface area contributed by atoms with Crippen molar-refractivity contribution in [3.63, 3.8) is 0 Å². The van der Waals surface area contributed by atoms with Crippen LogP contribution in [0.5, 0.6) is 11.5 Å². The second kappa shape index (κ2) is 7.41. The number of hydrogen-bond donors (Lipinski definition) is 1. The Bertz CT molecular complexity index is 912. The maximum absolute atomic E-state index is 5.40. The smallest absolute Gasteiger partial charge is 0.246 e. The first-order valence-corrected chi connectivity index (χ1v) is 7.59. The molecule has 6 heteroatoms. The maximum Gasteiger partial charge on any atom is 0.246 e. The molecule has 0 atom stereocenters. The lowest BCUT2D eigenvalue weighted by Crippen LogP contribution is -2.00. The number of ether oxygens (including phenoxy) is 2. The van der Waals surface area contributed by atoms with Gasteiger partial charge >= 0.3 is 0 Å². The van der Waals surface area contributed by atoms with Crippen molar-refractivity contribution < 1.29 is 14.0 Å². The monoisotopic (exact) mass is 335 g/mol. The minimum Gasteiger partial charge on any atom is -0.497 e. The Labute approximate surface area is 145 Å². The number of nitrogens with one attached hydrogen (secondary N) is 1. The first kappa shape index (κ1) is 16.4. The maximum atomic E-state index is 5.40. The van der Waals surface area contributed by atoms with E-state index < -0.39 is 0 Å². The van der Waals surface area contributed by atoms with Crippen LogP contribution < -0.4 is 14.8 Å². The van der Waals surface area contributed by atoms with Crippen LogP contribution in [0.1, 0.15) is 11.5 Å². The molecule has 0 bridgehead atoms. The van der Waals surface area contributed by atoms with E-state index in [1.54, 1.807) is 20.3 Å². The Morgan fingerprint density at radius 3 is 2.80 bits per heavy atom. The molecular weight excluding hydrogens is 318 g/mol. The number of benzene rings is 2. The summed E-state index contributed by atoms with van der Waals surface area (Å²) >= 11 is 0. The van der Waals surface area contributed by atoms with Gasteiger partial charge in [0.25, 0.3) is 0 Å². The predicted molar refractivity (Wildman–Crippen MR) is 94.5 cm³/mol. The van der Waals surface area contributed by atoms with Crippen LogP contribution >= 0.6 is 0 Å². The molecule has 0 spiro atoms. The third-order valence-corrected chi connectivity index (χ3v) is 3.59. The van der Waals surface area contributed by atoms with Crippen LogP contribution in [0.15, 0.2) is 47.0 Å². The molecule has 2 aromatic carbocycles. The molecule has 0 aliphatic carbocycles. The molecular formula is C19H17N3O3. The van der Waals surface area contributed by atoms with Crippen molar-refractivity contribution in [2.45, 2.75) is 6.54 Å². The molecule has 0 radical (unpaired) electrons. The average Bonchev–Trinajstić information content (AvgIpc) is 3.14. The molecule has 0 saturated carbocycles. The fourth-order valence-corrected chi connectivity index (χ4v) is 2.32. The molecule has 3 rings (SSSR count). The largest absolute Gasteiger partial charge is 0.497 e. The van der Waals surface area contributed by atoms with Gasteiger partial charge in [-0.15, -0.1) is 6.42 Å². The molecule has 0 aliphatic rings. The van der Waals surface area contributed by atoms with Crippen molar-refractivity contribution in [2.75, 3.05) is 19.5 Å². The highest BCUT2D eigenvalue weighted by molar-refractivity contribution is 5.65. The Hall–Kier alpha value is -3.46. The van der Waals surface area contributed by atoms with Gasteiger partial charge in [-0.2, -0.15) is 4.98 Å². The fourth-order valence-electron chi connectivity index (χ4n) is 2.32. The van der Waals surface area contributed by atoms with Crippen LogP contribution in [0.4, 0.5) is 5.69 Å². The Kier molecular flexibility index (Phi) is 4.86. The number of nitrogens with zero attached hydrogens (tertiary/aromatic N) is 2. The van der Waals surface area contributed by atoms with E-state index in [0.29, 0.717) is 29.8 Å². The van der Waals surface area contributed by atoms with Crippen LogP contribution in [-0.4, -0.2) is 24.4 Å². The Balaban J connectivity index is 1.75. The third kappa shape index (κ3) is 3.72. The van der Waals surface area contributed by atoms with E-state index in [-0.39, 0.29) is 0 Å². The molecule has 3 aromatic rings. The quantitative estimate of drug-likeness (QED) is 0.697. The zero-order valence-electron chi connectivity index (χ0n) is 13.9. The minimum absolute atomic E-state index is 0.388. The summed E-state index contributed by atoms with van der Waals surface area (Å²) in [4.78, 5) is 4.40. The van der Waals surface area contributed by atoms with E-state index >= 15 is 0 Å². The van der Waals surface area contributed by atoms with E-state index in [1.165, 1.54) is 0 Å². The van der Waals surface area contributed by atoms with Crippen LogP contribution in [0, 0.1) is 12.3 Å². The molecule has 0 fully saturated rings. The number of rotatable bonds is 6. The van der Waals surface area contributed by atoms with E-state index in [1.807, 2.05) is 36.4 Å². The number of anilines is 1. The standard InChI is InChI=1S/C19H17N3O3/c1-4-13-6-5-7-14(10-13)20-12-18-21-19(22-25-18)16-9-8-15(23-2)11-17(16)24-3/h1,5-11,20H,12H2,2-3H3. The van der Waals surface area contributed by atoms with Crippen LogP contribution in [0.2, 0.25) is 0 Å². The van der Waals surface area contributed by atoms with Crippen molar-refractivity contribution in [3.8, 4) is 35.2 Å². The third-order valence-electron chi connectivity index (χ3n) is 3.59. The summed E-state index contributed by atoms with van der Waals surface area (Å²) in [5, 5.41) is 7.22. The molecule has 6 nitrogen and oxygen atoms in total. The highest BCUT2D eigenvalue weighted by atomic mass is 16.5. The average molecular weight is 335 g/mol. The number of hydrogen-bond acceptors (Lipinski definition) is 6. The van der Waals surface area contributed by atoms with Gasteiger partial charge in [-0.25, -0.2) is 0 Å². The lowest BCUT2D eigenvalue weighted by Gasteiger charge is -2.07. The summed E-state index contributed by atoms with van der Waals surface area (Å²) in [5.74, 6) is 4.81. The van der Waals surface area contributed by atoms with E-state index in [0.717, 1.165) is 16.8 Å². The SMILES string of the molecule is C#Cc1cccc(NCc2nc(-c3ccc(OC)cc3OC)no2)c1. The normalized spacial score (nSPS) is 10.1. The van der Waals surface area contributed by atoms with Gasteiger partial charge in [-0.05, 0) is 30.3 Å². The summed E-state index contributed by atoms with van der Waals surface area (Å²) in [7, 11) is 3.18. The fraction of sp³-hybridized carbons (Fsp3) is 0.158. The van der Waals surface area contributed by atoms with Crippen LogP contribution in [0.3, 0.4) is 0 Å². The molecule has 1 aromatic heterocycles. The molecule has 0 saturated heterocycles. The van der Waals surface area contributed by atoms with E-state index in [2.05, 4.69) is 21.4 Å². The molecule has 0 amide bonds. The Morgan fingerprint density at radius 2 is 2.04 bits per heavy atom. The molecule has 126 valence electrons. The van der Waals surface area contributed by atoms with Gasteiger partial charge in [-0.3, -0.25) is 0 Å². The second-order valence-corrected chi connectivity index (χ2v) is 5.16. The Morgan fingerprint density at radius 1 is 1.16 bits per heavy atom. The number of terminal acetylenes is 1. The highest BCUT2D eigenvalue weighted by Gasteiger charge is 2.14. The minimum atomic E-state index is 0.388. The van der Waals surface area contributed by atoms with Gasteiger partial charge < -0.3 is 19.3 Å². The summed E-state index contributed by atoms with van der Waals surface area (Å²) in [6, 6.07) is 13.0. The van der Waals surface area contributed by atoms with Crippen molar-refractivity contribution in [3.05, 3.63) is 53.9 Å². The zero-order valence-corrected chi connectivity index (χ0v) is 13.9. The molecule has 0 aliphatic heterocycles. The van der Waals surface area contributed by atoms with Crippen molar-refractivity contribution in [2.24, 2.45) is 0 Å². The van der Waals surface area contributed by atoms with Gasteiger partial charge in [0.1, 0.15) is 11.5 Å². The first-order valence-electron chi connectivity index (χ1n) is 7.59. The van der Waals surface area contributed by atoms with Crippen LogP contribution in [-0.2, 0) is 6.54 Å². The molecule has 0 unspecified atom stereocenters. The van der Waals surface area contributed by atoms with E-state index in [9.17, 15) is 0 Å². The van der Waals surface area contributed by atoms with Crippen molar-refractivity contribution in [1.82, 2.24) is 10.1 Å². The lowest BCUT2D eigenvalue weighted by molar-refractivity contribution is 0.382. The van der Waals surface area contributed by atoms with Gasteiger partial charge in [0, 0.05) is 17.3 Å². The second-order valence-electron chi connectivity index (χ2n) is 5.16. The summed E-state index contributed by atoms with van der Waals surface area (Å²) < 4.78 is 15.9. The topological polar surface area (TPSA) is 69.4 Å². The van der Waals surface area contributed by atoms with Crippen molar-refractivity contribution in [1.29, 1.82) is 0 Å². The first-order chi connectivity index (χ1) is 12.2. The molecule has 25 heavy (non-hydrogen) atoms. The van der Waals surface area contributed by atoms with Crippen molar-refractivity contribution >= 4 is 5.69 Å². The van der Waals surface area contributed by atoms with Gasteiger partial charge in [0.15, 0.2) is 0 Å². The lowest BCUT2D eigenvalue weighted by atomic mass is 10.2. The number of aromatic nitrogens is 2. The summed E-state index contributed by atoms with van der Waals surface area (Å²) in [6.45, 7) is 0.388. The predicted octanol–water partition coefficient (Wildman–Crippen LogP) is 3.35. The summed E-state index contributed by atoms with van der Waals surface area (Å²) in [5.41, 5.74) is 2.42. The van der Waals surface area contributed by atoms with Gasteiger partial charge in [0.2, 0.25) is 11.7 Å². The zero-order chi connectivity index (χ0) is 17.6. The molecule has 1 heterocycles. The highest BCUT2D eigenvalue weighted by Crippen LogP contribution is 2.31. The van der Waals surface area contributed by atoms with Gasteiger partial charge in [0.05, 0.1) is 26.3 Å². The van der Waals surface area contributed by atoms with Gasteiger partial charge in [-0.1, -0.05) is 17.1 Å². The number of methoxy groups -OCH3 is 2. The molecule has 1 N–H and O–H groups in total. The summed E-state index contributed by atoms with van der Waals surface area (Å²) in [6.07, 6.45) is 5.40. The van der Waals surface area contributed by atoms with E-state index in [4.69, 9.17) is 20.4 Å². The van der Waals surface area contributed by atoms with Crippen LogP contribution in [0.25, 0.3) is 11.4 Å².